The van der Waals surface area contributed by atoms with Crippen molar-refractivity contribution in [2.45, 2.75) is 64.8 Å². The van der Waals surface area contributed by atoms with Crippen LogP contribution < -0.4 is 0 Å². The van der Waals surface area contributed by atoms with E-state index in [1.54, 1.807) is 0 Å². The molecule has 0 amide bonds. The zero-order valence-electron chi connectivity index (χ0n) is 11.9. The van der Waals surface area contributed by atoms with Crippen LogP contribution in [0.15, 0.2) is 0 Å². The second-order valence-electron chi connectivity index (χ2n) is 7.41. The van der Waals surface area contributed by atoms with Gasteiger partial charge in [-0.15, -0.1) is 0 Å². The van der Waals surface area contributed by atoms with E-state index in [1.807, 2.05) is 0 Å². The second kappa shape index (κ2) is 3.94. The van der Waals surface area contributed by atoms with Gasteiger partial charge in [-0.1, -0.05) is 20.8 Å². The Morgan fingerprint density at radius 2 is 1.67 bits per heavy atom. The molecule has 0 aromatic rings. The van der Waals surface area contributed by atoms with Crippen molar-refractivity contribution in [2.24, 2.45) is 16.7 Å². The third kappa shape index (κ3) is 1.75. The standard InChI is InChI=1S/C15H26O3/c1-13(2)11-4-7-15(17-8-9-18-15)10-14(11,3)6-5-12(13)16/h11-12,16H,4-10H2,1-3H3/t11-,12-,14+/m0/s1. The maximum atomic E-state index is 10.3. The van der Waals surface area contributed by atoms with E-state index in [9.17, 15) is 5.11 Å². The molecule has 0 aromatic heterocycles. The molecular formula is C15H26O3. The first kappa shape index (κ1) is 12.9. The highest BCUT2D eigenvalue weighted by molar-refractivity contribution is 5.05. The van der Waals surface area contributed by atoms with Crippen LogP contribution in [0, 0.1) is 16.7 Å². The highest BCUT2D eigenvalue weighted by Crippen LogP contribution is 2.60. The van der Waals surface area contributed by atoms with Crippen LogP contribution in [0.1, 0.15) is 52.9 Å². The van der Waals surface area contributed by atoms with Crippen LogP contribution in [-0.2, 0) is 9.47 Å². The first-order valence-corrected chi connectivity index (χ1v) is 7.34. The fourth-order valence-corrected chi connectivity index (χ4v) is 4.89. The molecule has 0 bridgehead atoms. The van der Waals surface area contributed by atoms with Crippen LogP contribution >= 0.6 is 0 Å². The van der Waals surface area contributed by atoms with Crippen molar-refractivity contribution in [1.82, 2.24) is 0 Å². The molecule has 1 saturated heterocycles. The summed E-state index contributed by atoms with van der Waals surface area (Å²) in [7, 11) is 0. The fraction of sp³-hybridized carbons (Fsp3) is 1.00. The number of aliphatic hydroxyl groups excluding tert-OH is 1. The molecule has 104 valence electrons. The Labute approximate surface area is 110 Å². The third-order valence-electron chi connectivity index (χ3n) is 5.89. The lowest BCUT2D eigenvalue weighted by molar-refractivity contribution is -0.238. The molecule has 3 rings (SSSR count). The van der Waals surface area contributed by atoms with Gasteiger partial charge in [-0.3, -0.25) is 0 Å². The molecule has 18 heavy (non-hydrogen) atoms. The average Bonchev–Trinajstić information content (AvgIpc) is 2.72. The minimum atomic E-state index is -0.302. The van der Waals surface area contributed by atoms with Crippen molar-refractivity contribution >= 4 is 0 Å². The molecule has 1 spiro atoms. The molecule has 1 aliphatic heterocycles. The first-order valence-electron chi connectivity index (χ1n) is 7.34. The van der Waals surface area contributed by atoms with Gasteiger partial charge in [0.25, 0.3) is 0 Å². The number of hydrogen-bond acceptors (Lipinski definition) is 3. The number of aliphatic hydroxyl groups is 1. The molecule has 2 aliphatic carbocycles. The highest BCUT2D eigenvalue weighted by atomic mass is 16.7. The van der Waals surface area contributed by atoms with Crippen molar-refractivity contribution in [1.29, 1.82) is 0 Å². The molecule has 1 heterocycles. The molecule has 3 atom stereocenters. The summed E-state index contributed by atoms with van der Waals surface area (Å²) in [6, 6.07) is 0. The van der Waals surface area contributed by atoms with E-state index in [0.29, 0.717) is 5.92 Å². The van der Waals surface area contributed by atoms with Gasteiger partial charge >= 0.3 is 0 Å². The SMILES string of the molecule is CC1(C)[C@@H](O)CC[C@]2(C)CC3(CC[C@@H]12)OCCO3. The molecular weight excluding hydrogens is 228 g/mol. The number of ether oxygens (including phenoxy) is 2. The predicted octanol–water partition coefficient (Wildman–Crippen LogP) is 2.72. The normalized spacial score (nSPS) is 46.0. The van der Waals surface area contributed by atoms with E-state index in [1.165, 1.54) is 0 Å². The molecule has 0 aromatic carbocycles. The zero-order chi connectivity index (χ0) is 13.0. The lowest BCUT2D eigenvalue weighted by atomic mass is 9.50. The lowest BCUT2D eigenvalue weighted by Gasteiger charge is -2.58. The molecule has 3 heteroatoms. The maximum absolute atomic E-state index is 10.3. The summed E-state index contributed by atoms with van der Waals surface area (Å²) in [6.07, 6.45) is 4.95. The third-order valence-corrected chi connectivity index (χ3v) is 5.89. The Bertz CT molecular complexity index is 333. The topological polar surface area (TPSA) is 38.7 Å². The summed E-state index contributed by atoms with van der Waals surface area (Å²) >= 11 is 0. The average molecular weight is 254 g/mol. The Kier molecular flexibility index (Phi) is 2.82. The Balaban J connectivity index is 1.86. The van der Waals surface area contributed by atoms with E-state index in [2.05, 4.69) is 20.8 Å². The van der Waals surface area contributed by atoms with E-state index >= 15 is 0 Å². The molecule has 3 nitrogen and oxygen atoms in total. The fourth-order valence-electron chi connectivity index (χ4n) is 4.89. The Hall–Kier alpha value is -0.120. The van der Waals surface area contributed by atoms with E-state index < -0.39 is 0 Å². The van der Waals surface area contributed by atoms with Crippen LogP contribution in [0.25, 0.3) is 0 Å². The zero-order valence-corrected chi connectivity index (χ0v) is 11.9. The minimum absolute atomic E-state index is 0.0210. The van der Waals surface area contributed by atoms with Crippen LogP contribution in [0.3, 0.4) is 0 Å². The Morgan fingerprint density at radius 1 is 1.00 bits per heavy atom. The molecule has 2 saturated carbocycles. The number of fused-ring (bicyclic) bond motifs is 1. The smallest absolute Gasteiger partial charge is 0.169 e. The van der Waals surface area contributed by atoms with Gasteiger partial charge in [0.1, 0.15) is 0 Å². The van der Waals surface area contributed by atoms with Gasteiger partial charge in [0, 0.05) is 12.8 Å². The van der Waals surface area contributed by atoms with Gasteiger partial charge in [0.15, 0.2) is 5.79 Å². The van der Waals surface area contributed by atoms with E-state index in [4.69, 9.17) is 9.47 Å². The molecule has 3 fully saturated rings. The number of rotatable bonds is 0. The summed E-state index contributed by atoms with van der Waals surface area (Å²) in [5, 5.41) is 10.3. The largest absolute Gasteiger partial charge is 0.393 e. The molecule has 0 unspecified atom stereocenters. The molecule has 3 aliphatic rings. The summed E-state index contributed by atoms with van der Waals surface area (Å²) < 4.78 is 11.8. The quantitative estimate of drug-likeness (QED) is 0.722. The lowest BCUT2D eigenvalue weighted by Crippen LogP contribution is -2.56. The van der Waals surface area contributed by atoms with Gasteiger partial charge in [-0.25, -0.2) is 0 Å². The van der Waals surface area contributed by atoms with Crippen molar-refractivity contribution < 1.29 is 14.6 Å². The first-order chi connectivity index (χ1) is 8.38. The summed E-state index contributed by atoms with van der Waals surface area (Å²) in [5.74, 6) is 0.274. The minimum Gasteiger partial charge on any atom is -0.393 e. The van der Waals surface area contributed by atoms with Crippen molar-refractivity contribution in [3.63, 3.8) is 0 Å². The monoisotopic (exact) mass is 254 g/mol. The van der Waals surface area contributed by atoms with Crippen molar-refractivity contribution in [3.05, 3.63) is 0 Å². The van der Waals surface area contributed by atoms with Gasteiger partial charge < -0.3 is 14.6 Å². The van der Waals surface area contributed by atoms with Crippen LogP contribution in [0.5, 0.6) is 0 Å². The Morgan fingerprint density at radius 3 is 2.33 bits per heavy atom. The van der Waals surface area contributed by atoms with Gasteiger partial charge in [0.05, 0.1) is 19.3 Å². The van der Waals surface area contributed by atoms with Gasteiger partial charge in [-0.2, -0.15) is 0 Å². The summed E-state index contributed by atoms with van der Waals surface area (Å²) in [5.41, 5.74) is 0.276. The number of hydrogen-bond donors (Lipinski definition) is 1. The predicted molar refractivity (Wildman–Crippen MR) is 69.1 cm³/mol. The van der Waals surface area contributed by atoms with Crippen LogP contribution in [-0.4, -0.2) is 30.2 Å². The highest BCUT2D eigenvalue weighted by Gasteiger charge is 2.58. The van der Waals surface area contributed by atoms with Crippen molar-refractivity contribution in [2.75, 3.05) is 13.2 Å². The molecule has 0 radical (unpaired) electrons. The van der Waals surface area contributed by atoms with Crippen LogP contribution in [0.4, 0.5) is 0 Å². The summed E-state index contributed by atoms with van der Waals surface area (Å²) in [4.78, 5) is 0. The van der Waals surface area contributed by atoms with Crippen molar-refractivity contribution in [3.8, 4) is 0 Å². The van der Waals surface area contributed by atoms with E-state index in [-0.39, 0.29) is 22.7 Å². The summed E-state index contributed by atoms with van der Waals surface area (Å²) in [6.45, 7) is 8.32. The molecule has 1 N–H and O–H groups in total. The van der Waals surface area contributed by atoms with Crippen LogP contribution in [0.2, 0.25) is 0 Å². The van der Waals surface area contributed by atoms with Gasteiger partial charge in [-0.05, 0) is 36.0 Å². The van der Waals surface area contributed by atoms with E-state index in [0.717, 1.165) is 45.3 Å². The maximum Gasteiger partial charge on any atom is 0.169 e. The second-order valence-corrected chi connectivity index (χ2v) is 7.41. The van der Waals surface area contributed by atoms with Gasteiger partial charge in [0.2, 0.25) is 0 Å².